The zero-order valence-electron chi connectivity index (χ0n) is 11.6. The number of nitrogens with one attached hydrogen (secondary N) is 1. The Balaban J connectivity index is 1.96. The average Bonchev–Trinajstić information content (AvgIpc) is 2.91. The van der Waals surface area contributed by atoms with Gasteiger partial charge in [0.1, 0.15) is 0 Å². The highest BCUT2D eigenvalue weighted by Crippen LogP contribution is 2.12. The van der Waals surface area contributed by atoms with Gasteiger partial charge in [0, 0.05) is 25.8 Å². The Hall–Kier alpha value is -2.39. The third-order valence-electron chi connectivity index (χ3n) is 2.85. The molecule has 1 heterocycles. The van der Waals surface area contributed by atoms with E-state index in [1.54, 1.807) is 23.9 Å². The van der Waals surface area contributed by atoms with Crippen molar-refractivity contribution in [2.24, 2.45) is 0 Å². The molecule has 21 heavy (non-hydrogen) atoms. The Kier molecular flexibility index (Phi) is 5.29. The van der Waals surface area contributed by atoms with Crippen molar-refractivity contribution >= 4 is 5.69 Å². The van der Waals surface area contributed by atoms with Crippen molar-refractivity contribution in [2.75, 3.05) is 20.3 Å². The van der Waals surface area contributed by atoms with E-state index in [0.29, 0.717) is 32.1 Å². The second-order valence-electron chi connectivity index (χ2n) is 4.35. The van der Waals surface area contributed by atoms with Gasteiger partial charge >= 0.3 is 0 Å². The summed E-state index contributed by atoms with van der Waals surface area (Å²) in [5, 5.41) is 25.3. The summed E-state index contributed by atoms with van der Waals surface area (Å²) in [6, 6.07) is 6.33. The quantitative estimate of drug-likeness (QED) is 0.425. The summed E-state index contributed by atoms with van der Waals surface area (Å²) in [6.07, 6.45) is 0. The van der Waals surface area contributed by atoms with Crippen LogP contribution in [0, 0.1) is 10.1 Å². The molecule has 9 heteroatoms. The summed E-state index contributed by atoms with van der Waals surface area (Å²) >= 11 is 0. The molecule has 0 aliphatic rings. The van der Waals surface area contributed by atoms with Gasteiger partial charge < -0.3 is 10.1 Å². The van der Waals surface area contributed by atoms with Crippen molar-refractivity contribution < 1.29 is 9.66 Å². The molecule has 2 rings (SSSR count). The topological polar surface area (TPSA) is 108 Å². The molecule has 2 aromatic rings. The molecule has 0 spiro atoms. The lowest BCUT2D eigenvalue weighted by Gasteiger charge is -2.06. The largest absolute Gasteiger partial charge is 0.383 e. The highest BCUT2D eigenvalue weighted by Gasteiger charge is 2.08. The summed E-state index contributed by atoms with van der Waals surface area (Å²) in [4.78, 5) is 10.2. The molecule has 0 saturated carbocycles. The fourth-order valence-corrected chi connectivity index (χ4v) is 1.74. The predicted octanol–water partition coefficient (Wildman–Crippen LogP) is 0.366. The molecule has 0 aliphatic heterocycles. The first-order valence-corrected chi connectivity index (χ1v) is 6.38. The molecule has 0 amide bonds. The van der Waals surface area contributed by atoms with E-state index >= 15 is 0 Å². The van der Waals surface area contributed by atoms with E-state index in [-0.39, 0.29) is 5.69 Å². The first kappa shape index (κ1) is 15.0. The van der Waals surface area contributed by atoms with Crippen LogP contribution in [0.25, 0.3) is 0 Å². The SMILES string of the molecule is COCCNCc1nnnn1Cc1ccc([N+](=O)[O-])cc1. The zero-order valence-corrected chi connectivity index (χ0v) is 11.6. The minimum absolute atomic E-state index is 0.0666. The normalized spacial score (nSPS) is 10.7. The number of rotatable bonds is 8. The number of hydrogen-bond donors (Lipinski definition) is 1. The minimum Gasteiger partial charge on any atom is -0.383 e. The summed E-state index contributed by atoms with van der Waals surface area (Å²) in [7, 11) is 1.64. The zero-order chi connectivity index (χ0) is 15.1. The molecule has 1 N–H and O–H groups in total. The van der Waals surface area contributed by atoms with Crippen molar-refractivity contribution in [2.45, 2.75) is 13.1 Å². The van der Waals surface area contributed by atoms with Gasteiger partial charge in [-0.3, -0.25) is 10.1 Å². The summed E-state index contributed by atoms with van der Waals surface area (Å²) in [5.74, 6) is 0.699. The number of tetrazole rings is 1. The maximum Gasteiger partial charge on any atom is 0.269 e. The number of nitro groups is 1. The van der Waals surface area contributed by atoms with Crippen molar-refractivity contribution in [3.63, 3.8) is 0 Å². The first-order valence-electron chi connectivity index (χ1n) is 6.38. The Morgan fingerprint density at radius 2 is 2.14 bits per heavy atom. The van der Waals surface area contributed by atoms with E-state index in [1.165, 1.54) is 12.1 Å². The molecule has 0 saturated heterocycles. The van der Waals surface area contributed by atoms with Crippen molar-refractivity contribution in [3.8, 4) is 0 Å². The number of hydrogen-bond acceptors (Lipinski definition) is 7. The van der Waals surface area contributed by atoms with Gasteiger partial charge in [-0.15, -0.1) is 5.10 Å². The van der Waals surface area contributed by atoms with Crippen LogP contribution in [0.4, 0.5) is 5.69 Å². The summed E-state index contributed by atoms with van der Waals surface area (Å²) in [5.41, 5.74) is 0.961. The number of aromatic nitrogens is 4. The molecular formula is C12H16N6O3. The molecule has 0 unspecified atom stereocenters. The van der Waals surface area contributed by atoms with E-state index in [4.69, 9.17) is 4.74 Å². The molecule has 1 aromatic carbocycles. The highest BCUT2D eigenvalue weighted by molar-refractivity contribution is 5.32. The highest BCUT2D eigenvalue weighted by atomic mass is 16.6. The maximum absolute atomic E-state index is 10.6. The van der Waals surface area contributed by atoms with Gasteiger partial charge in [-0.2, -0.15) is 0 Å². The Morgan fingerprint density at radius 3 is 2.81 bits per heavy atom. The molecule has 0 aliphatic carbocycles. The van der Waals surface area contributed by atoms with E-state index in [9.17, 15) is 10.1 Å². The van der Waals surface area contributed by atoms with Crippen LogP contribution in [0.1, 0.15) is 11.4 Å². The number of nitro benzene ring substituents is 1. The lowest BCUT2D eigenvalue weighted by Crippen LogP contribution is -2.21. The van der Waals surface area contributed by atoms with Gasteiger partial charge in [-0.1, -0.05) is 12.1 Å². The van der Waals surface area contributed by atoms with Gasteiger partial charge in [-0.25, -0.2) is 4.68 Å². The lowest BCUT2D eigenvalue weighted by atomic mass is 10.2. The lowest BCUT2D eigenvalue weighted by molar-refractivity contribution is -0.384. The fourth-order valence-electron chi connectivity index (χ4n) is 1.74. The minimum atomic E-state index is -0.425. The molecule has 0 radical (unpaired) electrons. The smallest absolute Gasteiger partial charge is 0.269 e. The van der Waals surface area contributed by atoms with Crippen molar-refractivity contribution in [3.05, 3.63) is 45.8 Å². The Bertz CT molecular complexity index is 583. The van der Waals surface area contributed by atoms with Crippen LogP contribution in [-0.4, -0.2) is 45.4 Å². The molecule has 0 bridgehead atoms. The van der Waals surface area contributed by atoms with Crippen LogP contribution in [0.2, 0.25) is 0 Å². The van der Waals surface area contributed by atoms with E-state index < -0.39 is 4.92 Å². The van der Waals surface area contributed by atoms with Crippen LogP contribution in [0.15, 0.2) is 24.3 Å². The van der Waals surface area contributed by atoms with Crippen LogP contribution in [0.3, 0.4) is 0 Å². The monoisotopic (exact) mass is 292 g/mol. The number of benzene rings is 1. The number of nitrogens with zero attached hydrogens (tertiary/aromatic N) is 5. The summed E-state index contributed by atoms with van der Waals surface area (Å²) < 4.78 is 6.60. The third-order valence-corrected chi connectivity index (χ3v) is 2.85. The molecule has 1 aromatic heterocycles. The number of ether oxygens (including phenoxy) is 1. The van der Waals surface area contributed by atoms with E-state index in [1.807, 2.05) is 0 Å². The molecule has 0 fully saturated rings. The van der Waals surface area contributed by atoms with Gasteiger partial charge in [0.15, 0.2) is 5.82 Å². The fraction of sp³-hybridized carbons (Fsp3) is 0.417. The standard InChI is InChI=1S/C12H16N6O3/c1-21-7-6-13-8-12-14-15-16-17(12)9-10-2-4-11(5-3-10)18(19)20/h2-5,13H,6-9H2,1H3. The van der Waals surface area contributed by atoms with E-state index in [2.05, 4.69) is 20.8 Å². The third kappa shape index (κ3) is 4.29. The molecule has 112 valence electrons. The Labute approximate surface area is 121 Å². The number of non-ortho nitro benzene ring substituents is 1. The second kappa shape index (κ2) is 7.41. The van der Waals surface area contributed by atoms with Crippen LogP contribution < -0.4 is 5.32 Å². The van der Waals surface area contributed by atoms with Crippen molar-refractivity contribution in [1.29, 1.82) is 0 Å². The van der Waals surface area contributed by atoms with Gasteiger partial charge in [0.25, 0.3) is 5.69 Å². The van der Waals surface area contributed by atoms with Gasteiger partial charge in [-0.05, 0) is 16.0 Å². The Morgan fingerprint density at radius 1 is 1.38 bits per heavy atom. The van der Waals surface area contributed by atoms with Crippen LogP contribution in [0.5, 0.6) is 0 Å². The molecule has 0 atom stereocenters. The average molecular weight is 292 g/mol. The number of methoxy groups -OCH3 is 1. The predicted molar refractivity (Wildman–Crippen MR) is 73.6 cm³/mol. The van der Waals surface area contributed by atoms with Crippen LogP contribution in [-0.2, 0) is 17.8 Å². The summed E-state index contributed by atoms with van der Waals surface area (Å²) in [6.45, 7) is 2.32. The van der Waals surface area contributed by atoms with Crippen molar-refractivity contribution in [1.82, 2.24) is 25.5 Å². The van der Waals surface area contributed by atoms with Gasteiger partial charge in [0.2, 0.25) is 0 Å². The second-order valence-corrected chi connectivity index (χ2v) is 4.35. The molecular weight excluding hydrogens is 276 g/mol. The first-order chi connectivity index (χ1) is 10.2. The maximum atomic E-state index is 10.6. The molecule has 9 nitrogen and oxygen atoms in total. The van der Waals surface area contributed by atoms with Gasteiger partial charge in [0.05, 0.1) is 24.6 Å². The van der Waals surface area contributed by atoms with E-state index in [0.717, 1.165) is 5.56 Å². The van der Waals surface area contributed by atoms with Crippen LogP contribution >= 0.6 is 0 Å².